The molecule has 1 atom stereocenters. The Balaban J connectivity index is 2.10. The molecule has 0 aliphatic carbocycles. The fourth-order valence-corrected chi connectivity index (χ4v) is 1.21. The van der Waals surface area contributed by atoms with E-state index in [1.165, 1.54) is 0 Å². The number of hydrogen-bond acceptors (Lipinski definition) is 4. The predicted octanol–water partition coefficient (Wildman–Crippen LogP) is -1.49. The maximum atomic E-state index is 10.5. The Labute approximate surface area is 72.2 Å². The minimum absolute atomic E-state index is 0.0624. The molecule has 0 spiro atoms. The van der Waals surface area contributed by atoms with Gasteiger partial charge in [0.1, 0.15) is 6.73 Å². The Morgan fingerprint density at radius 1 is 1.75 bits per heavy atom. The number of likely N-dealkylation sites (tertiary alicyclic amines) is 1. The molecule has 1 unspecified atom stereocenters. The largest absolute Gasteiger partial charge is 0.369 e. The number of hydrogen-bond donors (Lipinski definition) is 2. The first-order chi connectivity index (χ1) is 5.59. The summed E-state index contributed by atoms with van der Waals surface area (Å²) in [7, 11) is 0. The Morgan fingerprint density at radius 3 is 2.75 bits per heavy atom. The zero-order valence-corrected chi connectivity index (χ0v) is 7.12. The van der Waals surface area contributed by atoms with E-state index in [-0.39, 0.29) is 18.6 Å². The highest BCUT2D eigenvalue weighted by Crippen LogP contribution is 2.13. The first-order valence-corrected chi connectivity index (χ1v) is 4.38. The zero-order valence-electron chi connectivity index (χ0n) is 6.30. The second-order valence-corrected chi connectivity index (χ2v) is 3.27. The van der Waals surface area contributed by atoms with Gasteiger partial charge in [0.2, 0.25) is 5.91 Å². The number of carbonyl (C=O) groups excluding carboxylic acids is 1. The summed E-state index contributed by atoms with van der Waals surface area (Å²) in [6, 6.07) is 0. The van der Waals surface area contributed by atoms with Gasteiger partial charge in [0.05, 0.1) is 5.92 Å². The Morgan fingerprint density at radius 2 is 2.33 bits per heavy atom. The normalized spacial score (nSPS) is 21.8. The van der Waals surface area contributed by atoms with Crippen LogP contribution >= 0.6 is 0 Å². The Kier molecular flexibility index (Phi) is 3.15. The topological polar surface area (TPSA) is 92.9 Å². The summed E-state index contributed by atoms with van der Waals surface area (Å²) in [5.74, 6) is -0.475. The summed E-state index contributed by atoms with van der Waals surface area (Å²) < 4.78 is 22.6. The molecule has 3 N–H and O–H groups in total. The van der Waals surface area contributed by atoms with Gasteiger partial charge in [0.25, 0.3) is 0 Å². The molecule has 0 radical (unpaired) electrons. The monoisotopic (exact) mass is 194 g/mol. The molecule has 1 amide bonds. The number of carbonyl (C=O) groups is 1. The minimum Gasteiger partial charge on any atom is -0.369 e. The maximum absolute atomic E-state index is 10.5. The molecule has 12 heavy (non-hydrogen) atoms. The fourth-order valence-electron chi connectivity index (χ4n) is 0.975. The third kappa shape index (κ3) is 2.52. The first kappa shape index (κ1) is 9.59. The highest BCUT2D eigenvalue weighted by molar-refractivity contribution is 7.74. The van der Waals surface area contributed by atoms with E-state index in [9.17, 15) is 9.00 Å². The van der Waals surface area contributed by atoms with Crippen molar-refractivity contribution < 1.29 is 17.7 Å². The summed E-state index contributed by atoms with van der Waals surface area (Å²) in [5, 5.41) is 0. The molecular formula is C5H10N2O4S. The van der Waals surface area contributed by atoms with Crippen LogP contribution in [0.1, 0.15) is 0 Å². The van der Waals surface area contributed by atoms with Crippen LogP contribution in [0.15, 0.2) is 0 Å². The number of nitrogens with zero attached hydrogens (tertiary/aromatic N) is 1. The zero-order chi connectivity index (χ0) is 9.14. The third-order valence-corrected chi connectivity index (χ3v) is 2.00. The van der Waals surface area contributed by atoms with Crippen molar-refractivity contribution in [2.24, 2.45) is 11.7 Å². The lowest BCUT2D eigenvalue weighted by Crippen LogP contribution is -2.52. The van der Waals surface area contributed by atoms with Crippen LogP contribution in [0.25, 0.3) is 0 Å². The van der Waals surface area contributed by atoms with Crippen molar-refractivity contribution in [2.75, 3.05) is 19.8 Å². The van der Waals surface area contributed by atoms with Crippen LogP contribution in [0.3, 0.4) is 0 Å². The van der Waals surface area contributed by atoms with Crippen molar-refractivity contribution in [3.8, 4) is 0 Å². The van der Waals surface area contributed by atoms with E-state index >= 15 is 0 Å². The van der Waals surface area contributed by atoms with Gasteiger partial charge in [-0.25, -0.2) is 0 Å². The van der Waals surface area contributed by atoms with Crippen LogP contribution in [-0.4, -0.2) is 39.4 Å². The van der Waals surface area contributed by atoms with Crippen LogP contribution in [0.2, 0.25) is 0 Å². The van der Waals surface area contributed by atoms with Crippen molar-refractivity contribution >= 4 is 17.3 Å². The van der Waals surface area contributed by atoms with Gasteiger partial charge in [-0.05, 0) is 0 Å². The van der Waals surface area contributed by atoms with Gasteiger partial charge >= 0.3 is 11.4 Å². The van der Waals surface area contributed by atoms with Crippen molar-refractivity contribution in [2.45, 2.75) is 0 Å². The summed E-state index contributed by atoms with van der Waals surface area (Å²) in [6.07, 6.45) is 0. The number of amides is 1. The standard InChI is InChI=1S/C5H10N2O4S/c6-5(8)4-1-7(2-4)3-11-12(9)10/h4H,1-3H2,(H2,6,8)(H,9,10). The van der Waals surface area contributed by atoms with Gasteiger partial charge in [0, 0.05) is 13.1 Å². The van der Waals surface area contributed by atoms with E-state index < -0.39 is 11.4 Å². The average molecular weight is 194 g/mol. The average Bonchev–Trinajstić information content (AvgIpc) is 1.82. The maximum Gasteiger partial charge on any atom is 0.303 e. The lowest BCUT2D eigenvalue weighted by Gasteiger charge is -2.35. The lowest BCUT2D eigenvalue weighted by molar-refractivity contribution is -0.128. The molecule has 7 heteroatoms. The summed E-state index contributed by atoms with van der Waals surface area (Å²) >= 11 is -2.23. The van der Waals surface area contributed by atoms with Gasteiger partial charge in [-0.1, -0.05) is 0 Å². The predicted molar refractivity (Wildman–Crippen MR) is 41.0 cm³/mol. The van der Waals surface area contributed by atoms with E-state index in [0.717, 1.165) is 0 Å². The van der Waals surface area contributed by atoms with Gasteiger partial charge in [-0.3, -0.25) is 18.4 Å². The van der Waals surface area contributed by atoms with E-state index in [2.05, 4.69) is 4.18 Å². The SMILES string of the molecule is NC(=O)C1CN(COS(=O)O)C1. The van der Waals surface area contributed by atoms with Crippen LogP contribution in [-0.2, 0) is 20.3 Å². The van der Waals surface area contributed by atoms with Gasteiger partial charge in [-0.15, -0.1) is 0 Å². The van der Waals surface area contributed by atoms with E-state index in [0.29, 0.717) is 13.1 Å². The molecular weight excluding hydrogens is 184 g/mol. The minimum atomic E-state index is -2.23. The molecule has 0 bridgehead atoms. The van der Waals surface area contributed by atoms with Crippen molar-refractivity contribution in [1.82, 2.24) is 4.90 Å². The molecule has 0 aromatic rings. The number of primary amides is 1. The fraction of sp³-hybridized carbons (Fsp3) is 0.800. The highest BCUT2D eigenvalue weighted by Gasteiger charge is 2.30. The van der Waals surface area contributed by atoms with Gasteiger partial charge in [-0.2, -0.15) is 4.21 Å². The number of nitrogens with two attached hydrogens (primary N) is 1. The Bertz CT molecular complexity index is 201. The van der Waals surface area contributed by atoms with E-state index in [4.69, 9.17) is 10.3 Å². The van der Waals surface area contributed by atoms with Gasteiger partial charge < -0.3 is 5.73 Å². The van der Waals surface area contributed by atoms with Gasteiger partial charge in [0.15, 0.2) is 0 Å². The lowest BCUT2D eigenvalue weighted by atomic mass is 10.0. The summed E-state index contributed by atoms with van der Waals surface area (Å²) in [5.41, 5.74) is 5.00. The van der Waals surface area contributed by atoms with Crippen LogP contribution < -0.4 is 5.73 Å². The van der Waals surface area contributed by atoms with Crippen LogP contribution in [0, 0.1) is 5.92 Å². The van der Waals surface area contributed by atoms with E-state index in [1.807, 2.05) is 0 Å². The molecule has 0 saturated carbocycles. The van der Waals surface area contributed by atoms with E-state index in [1.54, 1.807) is 4.90 Å². The molecule has 1 fully saturated rings. The number of rotatable bonds is 4. The highest BCUT2D eigenvalue weighted by atomic mass is 32.2. The van der Waals surface area contributed by atoms with Crippen molar-refractivity contribution in [3.05, 3.63) is 0 Å². The van der Waals surface area contributed by atoms with Crippen LogP contribution in [0.4, 0.5) is 0 Å². The molecule has 6 nitrogen and oxygen atoms in total. The first-order valence-electron chi connectivity index (χ1n) is 3.35. The molecule has 1 aliphatic rings. The molecule has 0 aromatic heterocycles. The molecule has 1 aliphatic heterocycles. The molecule has 1 saturated heterocycles. The van der Waals surface area contributed by atoms with Crippen molar-refractivity contribution in [1.29, 1.82) is 0 Å². The van der Waals surface area contributed by atoms with Crippen molar-refractivity contribution in [3.63, 3.8) is 0 Å². The second-order valence-electron chi connectivity index (χ2n) is 2.60. The Hall–Kier alpha value is -0.500. The summed E-state index contributed by atoms with van der Waals surface area (Å²) in [6.45, 7) is 1.08. The second kappa shape index (κ2) is 3.94. The molecule has 70 valence electrons. The third-order valence-electron chi connectivity index (χ3n) is 1.70. The quantitative estimate of drug-likeness (QED) is 0.532. The van der Waals surface area contributed by atoms with Crippen LogP contribution in [0.5, 0.6) is 0 Å². The molecule has 0 aromatic carbocycles. The molecule has 1 rings (SSSR count). The smallest absolute Gasteiger partial charge is 0.303 e. The summed E-state index contributed by atoms with van der Waals surface area (Å²) in [4.78, 5) is 12.2. The molecule has 1 heterocycles.